The first-order valence-corrected chi connectivity index (χ1v) is 10.7. The number of carboxylic acid groups (broad SMARTS) is 1. The number of carboxylic acids is 1. The van der Waals surface area contributed by atoms with Gasteiger partial charge in [0, 0.05) is 52.1 Å². The molecule has 3 N–H and O–H groups in total. The van der Waals surface area contributed by atoms with Gasteiger partial charge in [0.25, 0.3) is 5.91 Å². The Hall–Kier alpha value is -3.24. The lowest BCUT2D eigenvalue weighted by Gasteiger charge is -2.35. The fraction of sp³-hybridized carbons (Fsp3) is 0.455. The van der Waals surface area contributed by atoms with Gasteiger partial charge in [-0.2, -0.15) is 9.78 Å². The quantitative estimate of drug-likeness (QED) is 0.705. The third kappa shape index (κ3) is 4.37. The van der Waals surface area contributed by atoms with Crippen LogP contribution in [-0.4, -0.2) is 82.0 Å². The van der Waals surface area contributed by atoms with Crippen LogP contribution in [0.5, 0.6) is 0 Å². The van der Waals surface area contributed by atoms with Crippen LogP contribution in [0.1, 0.15) is 34.5 Å². The Kier molecular flexibility index (Phi) is 6.24. The van der Waals surface area contributed by atoms with Crippen LogP contribution in [-0.2, 0) is 21.5 Å². The zero-order valence-corrected chi connectivity index (χ0v) is 17.8. The van der Waals surface area contributed by atoms with Crippen molar-refractivity contribution < 1.29 is 24.2 Å². The zero-order chi connectivity index (χ0) is 22.7. The van der Waals surface area contributed by atoms with Crippen molar-refractivity contribution in [3.63, 3.8) is 0 Å². The highest BCUT2D eigenvalue weighted by Crippen LogP contribution is 2.35. The lowest BCUT2D eigenvalue weighted by molar-refractivity contribution is -0.147. The Balaban J connectivity index is 1.38. The molecular weight excluding hydrogens is 414 g/mol. The SMILES string of the molecule is NC(=O)c1ccn(C(=O)N2CCN(Cc3cccc(C4(C(=O)O)CCOCC4)c3)CC2)n1. The van der Waals surface area contributed by atoms with Crippen molar-refractivity contribution in [2.75, 3.05) is 39.4 Å². The van der Waals surface area contributed by atoms with Gasteiger partial charge in [-0.3, -0.25) is 14.5 Å². The summed E-state index contributed by atoms with van der Waals surface area (Å²) in [5.41, 5.74) is 6.23. The Labute approximate surface area is 185 Å². The van der Waals surface area contributed by atoms with Gasteiger partial charge in [0.1, 0.15) is 0 Å². The lowest BCUT2D eigenvalue weighted by Crippen LogP contribution is -2.49. The number of rotatable bonds is 5. The van der Waals surface area contributed by atoms with E-state index in [0.717, 1.165) is 15.8 Å². The number of carbonyl (C=O) groups excluding carboxylic acids is 2. The third-order valence-corrected chi connectivity index (χ3v) is 6.32. The number of piperazine rings is 1. The fourth-order valence-electron chi connectivity index (χ4n) is 4.38. The Morgan fingerprint density at radius 2 is 1.81 bits per heavy atom. The Bertz CT molecular complexity index is 1010. The predicted octanol–water partition coefficient (Wildman–Crippen LogP) is 0.901. The van der Waals surface area contributed by atoms with Gasteiger partial charge in [-0.05, 0) is 30.0 Å². The van der Waals surface area contributed by atoms with Crippen molar-refractivity contribution in [3.8, 4) is 0 Å². The normalized spacial score (nSPS) is 18.9. The van der Waals surface area contributed by atoms with E-state index >= 15 is 0 Å². The average molecular weight is 441 g/mol. The summed E-state index contributed by atoms with van der Waals surface area (Å²) in [6.07, 6.45) is 2.38. The molecule has 1 aromatic carbocycles. The summed E-state index contributed by atoms with van der Waals surface area (Å²) in [5, 5.41) is 13.9. The molecule has 0 atom stereocenters. The van der Waals surface area contributed by atoms with Crippen LogP contribution in [0.2, 0.25) is 0 Å². The second kappa shape index (κ2) is 9.09. The number of aliphatic carboxylic acids is 1. The topological polar surface area (TPSA) is 131 Å². The lowest BCUT2D eigenvalue weighted by atomic mass is 9.74. The van der Waals surface area contributed by atoms with Gasteiger partial charge in [-0.25, -0.2) is 4.79 Å². The van der Waals surface area contributed by atoms with Crippen molar-refractivity contribution in [1.82, 2.24) is 19.6 Å². The van der Waals surface area contributed by atoms with E-state index in [1.165, 1.54) is 12.3 Å². The Morgan fingerprint density at radius 1 is 1.09 bits per heavy atom. The molecule has 1 aromatic heterocycles. The van der Waals surface area contributed by atoms with Gasteiger partial charge >= 0.3 is 12.0 Å². The minimum atomic E-state index is -0.896. The van der Waals surface area contributed by atoms with Crippen molar-refractivity contribution >= 4 is 17.9 Å². The maximum absolute atomic E-state index is 12.6. The average Bonchev–Trinajstić information content (AvgIpc) is 3.30. The molecule has 0 radical (unpaired) electrons. The molecule has 0 saturated carbocycles. The van der Waals surface area contributed by atoms with E-state index in [1.807, 2.05) is 24.3 Å². The van der Waals surface area contributed by atoms with Gasteiger partial charge in [0.2, 0.25) is 0 Å². The summed E-state index contributed by atoms with van der Waals surface area (Å²) in [6, 6.07) is 8.94. The van der Waals surface area contributed by atoms with E-state index in [4.69, 9.17) is 10.5 Å². The predicted molar refractivity (Wildman–Crippen MR) is 114 cm³/mol. The number of aromatic nitrogens is 2. The van der Waals surface area contributed by atoms with Gasteiger partial charge in [-0.15, -0.1) is 0 Å². The standard InChI is InChI=1S/C22H27N5O5/c23-19(28)18-4-7-27(24-18)21(31)26-10-8-25(9-11-26)15-16-2-1-3-17(14-16)22(20(29)30)5-12-32-13-6-22/h1-4,7,14H,5-6,8-13,15H2,(H2,23,28)(H,29,30). The van der Waals surface area contributed by atoms with Crippen molar-refractivity contribution in [2.24, 2.45) is 5.73 Å². The van der Waals surface area contributed by atoms with Crippen LogP contribution in [0.4, 0.5) is 4.79 Å². The highest BCUT2D eigenvalue weighted by atomic mass is 16.5. The molecule has 0 aliphatic carbocycles. The second-order valence-electron chi connectivity index (χ2n) is 8.26. The van der Waals surface area contributed by atoms with Crippen molar-refractivity contribution in [2.45, 2.75) is 24.8 Å². The van der Waals surface area contributed by atoms with E-state index in [0.29, 0.717) is 58.8 Å². The number of hydrogen-bond acceptors (Lipinski definition) is 6. The molecule has 170 valence electrons. The summed E-state index contributed by atoms with van der Waals surface area (Å²) in [6.45, 7) is 3.99. The number of carbonyl (C=O) groups is 3. The number of nitrogens with zero attached hydrogens (tertiary/aromatic N) is 4. The maximum atomic E-state index is 12.6. The molecule has 2 amide bonds. The second-order valence-corrected chi connectivity index (χ2v) is 8.26. The van der Waals surface area contributed by atoms with Gasteiger partial charge < -0.3 is 20.5 Å². The molecule has 2 fully saturated rings. The molecule has 4 rings (SSSR count). The summed E-state index contributed by atoms with van der Waals surface area (Å²) < 4.78 is 6.53. The minimum Gasteiger partial charge on any atom is -0.481 e. The largest absolute Gasteiger partial charge is 0.481 e. The number of nitrogens with two attached hydrogens (primary N) is 1. The molecule has 3 heterocycles. The molecule has 10 heteroatoms. The highest BCUT2D eigenvalue weighted by Gasteiger charge is 2.42. The summed E-state index contributed by atoms with van der Waals surface area (Å²) >= 11 is 0. The summed E-state index contributed by atoms with van der Waals surface area (Å²) in [4.78, 5) is 39.8. The molecule has 0 spiro atoms. The maximum Gasteiger partial charge on any atom is 0.344 e. The van der Waals surface area contributed by atoms with Crippen molar-refractivity contribution in [3.05, 3.63) is 53.3 Å². The molecule has 2 saturated heterocycles. The third-order valence-electron chi connectivity index (χ3n) is 6.32. The van der Waals surface area contributed by atoms with E-state index in [-0.39, 0.29) is 11.7 Å². The first-order chi connectivity index (χ1) is 15.4. The van der Waals surface area contributed by atoms with Crippen molar-refractivity contribution in [1.29, 1.82) is 0 Å². The van der Waals surface area contributed by atoms with Crippen LogP contribution in [0, 0.1) is 0 Å². The minimum absolute atomic E-state index is 0.0560. The monoisotopic (exact) mass is 441 g/mol. The molecule has 0 bridgehead atoms. The van der Waals surface area contributed by atoms with Gasteiger partial charge in [-0.1, -0.05) is 24.3 Å². The van der Waals surface area contributed by atoms with E-state index in [1.54, 1.807) is 4.90 Å². The summed E-state index contributed by atoms with van der Waals surface area (Å²) in [5.74, 6) is -1.47. The highest BCUT2D eigenvalue weighted by molar-refractivity contribution is 5.91. The summed E-state index contributed by atoms with van der Waals surface area (Å²) in [7, 11) is 0. The first-order valence-electron chi connectivity index (χ1n) is 10.7. The van der Waals surface area contributed by atoms with Crippen LogP contribution in [0.15, 0.2) is 36.5 Å². The Morgan fingerprint density at radius 3 is 2.44 bits per heavy atom. The van der Waals surface area contributed by atoms with Crippen LogP contribution in [0.25, 0.3) is 0 Å². The van der Waals surface area contributed by atoms with Crippen LogP contribution in [0.3, 0.4) is 0 Å². The zero-order valence-electron chi connectivity index (χ0n) is 17.8. The number of amides is 2. The molecule has 0 unspecified atom stereocenters. The molecule has 2 aliphatic heterocycles. The molecule has 32 heavy (non-hydrogen) atoms. The number of hydrogen-bond donors (Lipinski definition) is 2. The van der Waals surface area contributed by atoms with E-state index in [2.05, 4.69) is 10.00 Å². The van der Waals surface area contributed by atoms with Crippen LogP contribution < -0.4 is 5.73 Å². The molecule has 2 aliphatic rings. The number of ether oxygens (including phenoxy) is 1. The molecule has 2 aromatic rings. The van der Waals surface area contributed by atoms with E-state index < -0.39 is 17.3 Å². The smallest absolute Gasteiger partial charge is 0.344 e. The fourth-order valence-corrected chi connectivity index (χ4v) is 4.38. The number of primary amides is 1. The van der Waals surface area contributed by atoms with Gasteiger partial charge in [0.15, 0.2) is 5.69 Å². The number of benzene rings is 1. The van der Waals surface area contributed by atoms with E-state index in [9.17, 15) is 19.5 Å². The molecule has 10 nitrogen and oxygen atoms in total. The molecular formula is C22H27N5O5. The first kappa shape index (κ1) is 22.0. The van der Waals surface area contributed by atoms with Crippen LogP contribution >= 0.6 is 0 Å². The van der Waals surface area contributed by atoms with Gasteiger partial charge in [0.05, 0.1) is 5.41 Å².